The number of benzene rings is 2. The Morgan fingerprint density at radius 2 is 1.92 bits per heavy atom. The quantitative estimate of drug-likeness (QED) is 0.867. The van der Waals surface area contributed by atoms with Gasteiger partial charge in [0.25, 0.3) is 5.91 Å². The van der Waals surface area contributed by atoms with Crippen molar-refractivity contribution in [3.05, 3.63) is 65.2 Å². The zero-order chi connectivity index (χ0) is 18.4. The summed E-state index contributed by atoms with van der Waals surface area (Å²) in [7, 11) is 1.60. The molecule has 138 valence electrons. The highest BCUT2D eigenvalue weighted by Gasteiger charge is 2.23. The van der Waals surface area contributed by atoms with Gasteiger partial charge in [-0.2, -0.15) is 0 Å². The van der Waals surface area contributed by atoms with Gasteiger partial charge >= 0.3 is 0 Å². The van der Waals surface area contributed by atoms with E-state index in [0.29, 0.717) is 17.9 Å². The number of aryl methyl sites for hydroxylation is 1. The molecule has 1 aliphatic rings. The number of ether oxygens (including phenoxy) is 2. The van der Waals surface area contributed by atoms with Crippen LogP contribution in [0.5, 0.6) is 5.75 Å². The highest BCUT2D eigenvalue weighted by atomic mass is 16.5. The molecule has 1 atom stereocenters. The number of methoxy groups -OCH3 is 1. The van der Waals surface area contributed by atoms with E-state index >= 15 is 0 Å². The minimum atomic E-state index is -0.0886. The topological polar surface area (TPSA) is 50.8 Å². The fourth-order valence-electron chi connectivity index (χ4n) is 3.19. The molecule has 0 aromatic heterocycles. The zero-order valence-electron chi connectivity index (χ0n) is 15.4. The van der Waals surface area contributed by atoms with Crippen LogP contribution in [0.25, 0.3) is 0 Å². The molecule has 1 amide bonds. The molecule has 5 heteroatoms. The van der Waals surface area contributed by atoms with Crippen LogP contribution in [-0.4, -0.2) is 50.8 Å². The second-order valence-electron chi connectivity index (χ2n) is 6.52. The van der Waals surface area contributed by atoms with Crippen LogP contribution in [0.3, 0.4) is 0 Å². The van der Waals surface area contributed by atoms with Crippen LogP contribution in [0.15, 0.2) is 48.5 Å². The SMILES string of the molecule is COc1cccc(C(=O)NCC(c2ccc(C)cc2)N2CCOCC2)c1. The summed E-state index contributed by atoms with van der Waals surface area (Å²) in [5, 5.41) is 3.08. The van der Waals surface area contributed by atoms with Gasteiger partial charge in [0.15, 0.2) is 0 Å². The number of hydrogen-bond donors (Lipinski definition) is 1. The lowest BCUT2D eigenvalue weighted by atomic mass is 10.0. The Labute approximate surface area is 154 Å². The molecule has 0 radical (unpaired) electrons. The summed E-state index contributed by atoms with van der Waals surface area (Å²) in [6.45, 7) is 5.83. The predicted molar refractivity (Wildman–Crippen MR) is 102 cm³/mol. The van der Waals surface area contributed by atoms with Crippen molar-refractivity contribution in [2.45, 2.75) is 13.0 Å². The van der Waals surface area contributed by atoms with E-state index in [4.69, 9.17) is 9.47 Å². The number of nitrogens with one attached hydrogen (secondary N) is 1. The Morgan fingerprint density at radius 3 is 2.62 bits per heavy atom. The Balaban J connectivity index is 1.72. The van der Waals surface area contributed by atoms with Gasteiger partial charge < -0.3 is 14.8 Å². The van der Waals surface area contributed by atoms with Gasteiger partial charge in [0, 0.05) is 25.2 Å². The zero-order valence-corrected chi connectivity index (χ0v) is 15.4. The molecule has 1 aliphatic heterocycles. The third-order valence-corrected chi connectivity index (χ3v) is 4.74. The summed E-state index contributed by atoms with van der Waals surface area (Å²) in [4.78, 5) is 15.0. The van der Waals surface area contributed by atoms with E-state index in [0.717, 1.165) is 26.3 Å². The fourth-order valence-corrected chi connectivity index (χ4v) is 3.19. The number of hydrogen-bond acceptors (Lipinski definition) is 4. The molecule has 0 bridgehead atoms. The Kier molecular flexibility index (Phi) is 6.26. The van der Waals surface area contributed by atoms with Crippen LogP contribution in [0.2, 0.25) is 0 Å². The highest BCUT2D eigenvalue weighted by molar-refractivity contribution is 5.94. The number of morpholine rings is 1. The standard InChI is InChI=1S/C21H26N2O3/c1-16-6-8-17(9-7-16)20(23-10-12-26-13-11-23)15-22-21(24)18-4-3-5-19(14-18)25-2/h3-9,14,20H,10-13,15H2,1-2H3,(H,22,24). The van der Waals surface area contributed by atoms with E-state index in [1.165, 1.54) is 11.1 Å². The number of carbonyl (C=O) groups excluding carboxylic acids is 1. The number of amides is 1. The van der Waals surface area contributed by atoms with Gasteiger partial charge in [-0.1, -0.05) is 35.9 Å². The average Bonchev–Trinajstić information content (AvgIpc) is 2.70. The van der Waals surface area contributed by atoms with Gasteiger partial charge in [-0.25, -0.2) is 0 Å². The molecule has 5 nitrogen and oxygen atoms in total. The van der Waals surface area contributed by atoms with Gasteiger partial charge in [0.1, 0.15) is 5.75 Å². The Hall–Kier alpha value is -2.37. The molecule has 0 aliphatic carbocycles. The van der Waals surface area contributed by atoms with Crippen molar-refractivity contribution in [2.24, 2.45) is 0 Å². The van der Waals surface area contributed by atoms with Crippen LogP contribution < -0.4 is 10.1 Å². The molecule has 0 spiro atoms. The highest BCUT2D eigenvalue weighted by Crippen LogP contribution is 2.22. The summed E-state index contributed by atoms with van der Waals surface area (Å²) < 4.78 is 10.7. The summed E-state index contributed by atoms with van der Waals surface area (Å²) in [5.41, 5.74) is 3.05. The molecule has 3 rings (SSSR count). The second-order valence-corrected chi connectivity index (χ2v) is 6.52. The first-order chi connectivity index (χ1) is 12.7. The van der Waals surface area contributed by atoms with Gasteiger partial charge in [-0.15, -0.1) is 0 Å². The van der Waals surface area contributed by atoms with Crippen LogP contribution in [0.4, 0.5) is 0 Å². The van der Waals surface area contributed by atoms with E-state index in [2.05, 4.69) is 41.4 Å². The van der Waals surface area contributed by atoms with Crippen molar-refractivity contribution in [1.29, 1.82) is 0 Å². The second kappa shape index (κ2) is 8.83. The van der Waals surface area contributed by atoms with Crippen molar-refractivity contribution in [3.8, 4) is 5.75 Å². The van der Waals surface area contributed by atoms with Crippen LogP contribution in [0.1, 0.15) is 27.5 Å². The van der Waals surface area contributed by atoms with Crippen molar-refractivity contribution in [3.63, 3.8) is 0 Å². The van der Waals surface area contributed by atoms with E-state index in [-0.39, 0.29) is 11.9 Å². The first kappa shape index (κ1) is 18.4. The maximum Gasteiger partial charge on any atom is 0.251 e. The normalized spacial score (nSPS) is 16.1. The van der Waals surface area contributed by atoms with Gasteiger partial charge in [-0.05, 0) is 30.7 Å². The Bertz CT molecular complexity index is 724. The first-order valence-electron chi connectivity index (χ1n) is 8.98. The summed E-state index contributed by atoms with van der Waals surface area (Å²) in [5.74, 6) is 0.593. The lowest BCUT2D eigenvalue weighted by Crippen LogP contribution is -2.43. The van der Waals surface area contributed by atoms with Crippen molar-refractivity contribution >= 4 is 5.91 Å². The van der Waals surface area contributed by atoms with Gasteiger partial charge in [-0.3, -0.25) is 9.69 Å². The molecule has 1 heterocycles. The monoisotopic (exact) mass is 354 g/mol. The minimum absolute atomic E-state index is 0.0886. The third kappa shape index (κ3) is 4.62. The smallest absolute Gasteiger partial charge is 0.251 e. The molecule has 2 aromatic carbocycles. The first-order valence-corrected chi connectivity index (χ1v) is 8.98. The molecular formula is C21H26N2O3. The largest absolute Gasteiger partial charge is 0.497 e. The van der Waals surface area contributed by atoms with Gasteiger partial charge in [0.2, 0.25) is 0 Å². The lowest BCUT2D eigenvalue weighted by Gasteiger charge is -2.35. The molecule has 1 saturated heterocycles. The van der Waals surface area contributed by atoms with Crippen LogP contribution in [-0.2, 0) is 4.74 Å². The van der Waals surface area contributed by atoms with Crippen molar-refractivity contribution < 1.29 is 14.3 Å². The average molecular weight is 354 g/mol. The molecule has 1 N–H and O–H groups in total. The van der Waals surface area contributed by atoms with E-state index in [1.54, 1.807) is 19.2 Å². The predicted octanol–water partition coefficient (Wildman–Crippen LogP) is 2.81. The molecule has 2 aromatic rings. The molecule has 1 fully saturated rings. The van der Waals surface area contributed by atoms with Crippen molar-refractivity contribution in [2.75, 3.05) is 40.0 Å². The minimum Gasteiger partial charge on any atom is -0.497 e. The van der Waals surface area contributed by atoms with E-state index in [1.807, 2.05) is 12.1 Å². The summed E-state index contributed by atoms with van der Waals surface area (Å²) >= 11 is 0. The fraction of sp³-hybridized carbons (Fsp3) is 0.381. The van der Waals surface area contributed by atoms with E-state index in [9.17, 15) is 4.79 Å². The maximum atomic E-state index is 12.6. The summed E-state index contributed by atoms with van der Waals surface area (Å²) in [6.07, 6.45) is 0. The summed E-state index contributed by atoms with van der Waals surface area (Å²) in [6, 6.07) is 15.9. The maximum absolute atomic E-state index is 12.6. The number of carbonyl (C=O) groups is 1. The molecule has 1 unspecified atom stereocenters. The third-order valence-electron chi connectivity index (χ3n) is 4.74. The number of nitrogens with zero attached hydrogens (tertiary/aromatic N) is 1. The van der Waals surface area contributed by atoms with Crippen LogP contribution in [0, 0.1) is 6.92 Å². The van der Waals surface area contributed by atoms with Gasteiger partial charge in [0.05, 0.1) is 26.4 Å². The lowest BCUT2D eigenvalue weighted by molar-refractivity contribution is 0.0162. The number of rotatable bonds is 6. The van der Waals surface area contributed by atoms with Crippen LogP contribution >= 0.6 is 0 Å². The molecule has 0 saturated carbocycles. The van der Waals surface area contributed by atoms with Crippen molar-refractivity contribution in [1.82, 2.24) is 10.2 Å². The Morgan fingerprint density at radius 1 is 1.19 bits per heavy atom. The van der Waals surface area contributed by atoms with E-state index < -0.39 is 0 Å². The molecule has 26 heavy (non-hydrogen) atoms. The molecular weight excluding hydrogens is 328 g/mol.